The SMILES string of the molecule is CCOP(=O)(OCC)C(CCSC)O[As](OC(CCSC)P(=O)(OCC)OCC)OC(CCSC)P(=O)(OCC)OCC. The summed E-state index contributed by atoms with van der Waals surface area (Å²) >= 11 is 1.02. The van der Waals surface area contributed by atoms with Crippen LogP contribution in [0, 0.1) is 0 Å². The third kappa shape index (κ3) is 16.7. The van der Waals surface area contributed by atoms with Crippen molar-refractivity contribution in [2.75, 3.05) is 75.7 Å². The standard InChI is InChI=1S/C24H54AsO12P3S3/c1-10-29-38(26,30-11-2)22(16-19-41-7)35-25(36-23(17-20-42-8)39(27,31-12-3)32-13-4)37-24(18-21-43-9)40(28,33-14-5)34-15-6/h22-24H,10-21H2,1-9H3. The van der Waals surface area contributed by atoms with Crippen molar-refractivity contribution in [2.45, 2.75) is 78.3 Å². The molecular formula is C24H54AsO12P3S3. The molecule has 19 heteroatoms. The monoisotopic (exact) mass is 798 g/mol. The molecule has 0 aliphatic rings. The Balaban J connectivity index is 6.96. The van der Waals surface area contributed by atoms with Crippen LogP contribution in [0.1, 0.15) is 60.8 Å². The maximum absolute atomic E-state index is 14.0. The van der Waals surface area contributed by atoms with Gasteiger partial charge in [0.05, 0.1) is 0 Å². The average Bonchev–Trinajstić information content (AvgIpc) is 2.95. The van der Waals surface area contributed by atoms with Gasteiger partial charge in [-0.05, 0) is 0 Å². The molecule has 3 atom stereocenters. The van der Waals surface area contributed by atoms with Crippen molar-refractivity contribution in [1.29, 1.82) is 0 Å². The van der Waals surface area contributed by atoms with Crippen LogP contribution in [0.25, 0.3) is 0 Å². The Morgan fingerprint density at radius 3 is 0.837 bits per heavy atom. The fourth-order valence-corrected chi connectivity index (χ4v) is 16.1. The molecule has 0 radical (unpaired) electrons. The molecular weight excluding hydrogens is 744 g/mol. The number of thioether (sulfide) groups is 3. The molecule has 260 valence electrons. The van der Waals surface area contributed by atoms with Gasteiger partial charge in [-0.1, -0.05) is 0 Å². The molecule has 0 saturated carbocycles. The zero-order valence-corrected chi connectivity index (χ0v) is 34.1. The van der Waals surface area contributed by atoms with Gasteiger partial charge in [-0.3, -0.25) is 0 Å². The van der Waals surface area contributed by atoms with E-state index < -0.39 is 56.0 Å². The van der Waals surface area contributed by atoms with Crippen LogP contribution in [-0.2, 0) is 52.0 Å². The topological polar surface area (TPSA) is 134 Å². The second-order valence-corrected chi connectivity index (χ2v) is 20.1. The summed E-state index contributed by atoms with van der Waals surface area (Å²) in [5.41, 5.74) is 0. The zero-order valence-electron chi connectivity index (χ0n) is 27.1. The van der Waals surface area contributed by atoms with Crippen molar-refractivity contribution in [2.24, 2.45) is 0 Å². The summed E-state index contributed by atoms with van der Waals surface area (Å²) in [6.45, 7) is 11.1. The normalized spacial score (nSPS) is 15.8. The van der Waals surface area contributed by atoms with E-state index in [1.807, 2.05) is 18.8 Å². The van der Waals surface area contributed by atoms with Gasteiger partial charge in [0.2, 0.25) is 0 Å². The quantitative estimate of drug-likeness (QED) is 0.0512. The predicted octanol–water partition coefficient (Wildman–Crippen LogP) is 8.06. The first kappa shape index (κ1) is 44.9. The number of hydrogen-bond acceptors (Lipinski definition) is 15. The van der Waals surface area contributed by atoms with E-state index in [0.717, 1.165) is 0 Å². The minimum atomic E-state index is -3.80. The van der Waals surface area contributed by atoms with E-state index in [1.54, 1.807) is 76.8 Å². The van der Waals surface area contributed by atoms with Gasteiger partial charge in [-0.25, -0.2) is 0 Å². The molecule has 0 aromatic rings. The van der Waals surface area contributed by atoms with Crippen molar-refractivity contribution in [3.8, 4) is 0 Å². The average molecular weight is 799 g/mol. The first-order chi connectivity index (χ1) is 20.5. The van der Waals surface area contributed by atoms with Gasteiger partial charge in [0.1, 0.15) is 0 Å². The Hall–Kier alpha value is 1.94. The predicted molar refractivity (Wildman–Crippen MR) is 182 cm³/mol. The Kier molecular flexibility index (Phi) is 27.1. The van der Waals surface area contributed by atoms with Crippen LogP contribution in [-0.4, -0.2) is 109 Å². The molecule has 0 aromatic heterocycles. The molecule has 12 nitrogen and oxygen atoms in total. The van der Waals surface area contributed by atoms with Gasteiger partial charge >= 0.3 is 280 Å². The minimum absolute atomic E-state index is 0.131. The summed E-state index contributed by atoms with van der Waals surface area (Å²) in [6.07, 6.45) is 6.65. The van der Waals surface area contributed by atoms with Crippen molar-refractivity contribution in [3.05, 3.63) is 0 Å². The Morgan fingerprint density at radius 2 is 0.674 bits per heavy atom. The van der Waals surface area contributed by atoms with E-state index >= 15 is 0 Å². The van der Waals surface area contributed by atoms with Gasteiger partial charge in [0, 0.05) is 0 Å². The van der Waals surface area contributed by atoms with Crippen LogP contribution in [0.5, 0.6) is 0 Å². The second-order valence-electron chi connectivity index (χ2n) is 8.37. The molecule has 0 spiro atoms. The van der Waals surface area contributed by atoms with Crippen LogP contribution in [0.3, 0.4) is 0 Å². The first-order valence-corrected chi connectivity index (χ1v) is 25.8. The van der Waals surface area contributed by atoms with E-state index in [4.69, 9.17) is 38.3 Å². The van der Waals surface area contributed by atoms with Gasteiger partial charge in [-0.2, -0.15) is 0 Å². The molecule has 0 saturated heterocycles. The second kappa shape index (κ2) is 25.9. The molecule has 0 bridgehead atoms. The zero-order chi connectivity index (χ0) is 32.8. The van der Waals surface area contributed by atoms with E-state index in [9.17, 15) is 13.7 Å². The van der Waals surface area contributed by atoms with Crippen LogP contribution in [0.4, 0.5) is 0 Å². The summed E-state index contributed by atoms with van der Waals surface area (Å²) in [4.78, 5) is 0. The Bertz CT molecular complexity index is 716. The van der Waals surface area contributed by atoms with Crippen LogP contribution >= 0.6 is 58.1 Å². The third-order valence-corrected chi connectivity index (χ3v) is 17.9. The van der Waals surface area contributed by atoms with E-state index in [0.29, 0.717) is 36.5 Å². The van der Waals surface area contributed by atoms with Crippen molar-refractivity contribution >= 4 is 73.7 Å². The summed E-state index contributed by atoms with van der Waals surface area (Å²) < 4.78 is 95.2. The number of hydrogen-bond donors (Lipinski definition) is 0. The van der Waals surface area contributed by atoms with Crippen LogP contribution in [0.2, 0.25) is 0 Å². The third-order valence-electron chi connectivity index (χ3n) is 5.24. The van der Waals surface area contributed by atoms with Crippen molar-refractivity contribution < 1.29 is 52.0 Å². The number of rotatable bonds is 30. The van der Waals surface area contributed by atoms with Gasteiger partial charge < -0.3 is 0 Å². The summed E-state index contributed by atoms with van der Waals surface area (Å²) in [6, 6.07) is 0. The molecule has 0 aliphatic heterocycles. The maximum atomic E-state index is 14.0. The van der Waals surface area contributed by atoms with E-state index in [1.165, 1.54) is 0 Å². The molecule has 0 amide bonds. The molecule has 0 fully saturated rings. The molecule has 0 aromatic carbocycles. The van der Waals surface area contributed by atoms with Crippen LogP contribution < -0.4 is 0 Å². The molecule has 3 unspecified atom stereocenters. The van der Waals surface area contributed by atoms with E-state index in [-0.39, 0.29) is 39.6 Å². The fourth-order valence-electron chi connectivity index (χ4n) is 3.52. The molecule has 0 aliphatic carbocycles. The van der Waals surface area contributed by atoms with Crippen molar-refractivity contribution in [1.82, 2.24) is 0 Å². The summed E-state index contributed by atoms with van der Waals surface area (Å²) in [5, 5.41) is 0. The molecule has 0 heterocycles. The van der Waals surface area contributed by atoms with Crippen molar-refractivity contribution in [3.63, 3.8) is 0 Å². The van der Waals surface area contributed by atoms with E-state index in [2.05, 4.69) is 0 Å². The summed E-state index contributed by atoms with van der Waals surface area (Å²) in [5.74, 6) is -1.43. The van der Waals surface area contributed by atoms with Gasteiger partial charge in [0.25, 0.3) is 0 Å². The van der Waals surface area contributed by atoms with Crippen LogP contribution in [0.15, 0.2) is 0 Å². The first-order valence-electron chi connectivity index (χ1n) is 14.5. The molecule has 0 N–H and O–H groups in total. The molecule has 0 rings (SSSR count). The van der Waals surface area contributed by atoms with Gasteiger partial charge in [-0.15, -0.1) is 0 Å². The Labute approximate surface area is 278 Å². The molecule has 43 heavy (non-hydrogen) atoms. The van der Waals surface area contributed by atoms with Gasteiger partial charge in [0.15, 0.2) is 0 Å². The summed E-state index contributed by atoms with van der Waals surface area (Å²) in [7, 11) is -11.4. The fraction of sp³-hybridized carbons (Fsp3) is 1.00. The Morgan fingerprint density at radius 1 is 0.465 bits per heavy atom.